The number of amides is 1. The van der Waals surface area contributed by atoms with E-state index in [1.807, 2.05) is 24.3 Å². The van der Waals surface area contributed by atoms with Crippen LogP contribution < -0.4 is 0 Å². The lowest BCUT2D eigenvalue weighted by Crippen LogP contribution is -2.31. The first-order valence-corrected chi connectivity index (χ1v) is 7.95. The van der Waals surface area contributed by atoms with E-state index >= 15 is 0 Å². The van der Waals surface area contributed by atoms with Crippen LogP contribution in [0.2, 0.25) is 0 Å². The van der Waals surface area contributed by atoms with Crippen molar-refractivity contribution in [2.75, 3.05) is 6.54 Å². The Balaban J connectivity index is 1.81. The van der Waals surface area contributed by atoms with Crippen molar-refractivity contribution in [2.45, 2.75) is 32.2 Å². The summed E-state index contributed by atoms with van der Waals surface area (Å²) in [4.78, 5) is 18.7. The van der Waals surface area contributed by atoms with Crippen LogP contribution in [0.5, 0.6) is 0 Å². The number of nitriles is 1. The lowest BCUT2D eigenvalue weighted by atomic mass is 10.1. The predicted molar refractivity (Wildman–Crippen MR) is 87.7 cm³/mol. The van der Waals surface area contributed by atoms with Gasteiger partial charge in [0, 0.05) is 31.0 Å². The molecule has 4 nitrogen and oxygen atoms in total. The van der Waals surface area contributed by atoms with Gasteiger partial charge in [0.1, 0.15) is 0 Å². The minimum atomic E-state index is -0.0150. The molecule has 0 bridgehead atoms. The van der Waals surface area contributed by atoms with Gasteiger partial charge < -0.3 is 4.90 Å². The van der Waals surface area contributed by atoms with E-state index in [-0.39, 0.29) is 5.91 Å². The zero-order valence-corrected chi connectivity index (χ0v) is 13.0. The van der Waals surface area contributed by atoms with Crippen molar-refractivity contribution in [2.24, 2.45) is 0 Å². The van der Waals surface area contributed by atoms with Crippen LogP contribution in [0.1, 0.15) is 39.9 Å². The molecule has 0 fully saturated rings. The highest BCUT2D eigenvalue weighted by Gasteiger charge is 2.19. The van der Waals surface area contributed by atoms with Crippen molar-refractivity contribution in [3.63, 3.8) is 0 Å². The number of benzene rings is 1. The number of carbonyl (C=O) groups excluding carboxylic acids is 1. The molecule has 0 saturated carbocycles. The van der Waals surface area contributed by atoms with Gasteiger partial charge in [0.2, 0.25) is 0 Å². The molecule has 1 aliphatic rings. The van der Waals surface area contributed by atoms with Gasteiger partial charge in [-0.1, -0.05) is 12.1 Å². The van der Waals surface area contributed by atoms with E-state index in [0.717, 1.165) is 18.4 Å². The first-order chi connectivity index (χ1) is 11.3. The van der Waals surface area contributed by atoms with Gasteiger partial charge in [-0.15, -0.1) is 0 Å². The number of pyridine rings is 1. The summed E-state index contributed by atoms with van der Waals surface area (Å²) < 4.78 is 0. The summed E-state index contributed by atoms with van der Waals surface area (Å²) in [5.41, 5.74) is 4.34. The van der Waals surface area contributed by atoms with E-state index < -0.39 is 0 Å². The minimum absolute atomic E-state index is 0.0150. The monoisotopic (exact) mass is 305 g/mol. The summed E-state index contributed by atoms with van der Waals surface area (Å²) >= 11 is 0. The van der Waals surface area contributed by atoms with Crippen LogP contribution in [0.3, 0.4) is 0 Å². The Hall–Kier alpha value is -2.67. The smallest absolute Gasteiger partial charge is 0.254 e. The maximum absolute atomic E-state index is 12.9. The molecule has 2 aromatic rings. The Morgan fingerprint density at radius 1 is 1.26 bits per heavy atom. The van der Waals surface area contributed by atoms with Gasteiger partial charge in [-0.2, -0.15) is 5.26 Å². The molecule has 0 aliphatic heterocycles. The van der Waals surface area contributed by atoms with Crippen LogP contribution in [0.25, 0.3) is 0 Å². The van der Waals surface area contributed by atoms with Crippen LogP contribution in [-0.4, -0.2) is 22.3 Å². The number of nitrogens with zero attached hydrogens (tertiary/aromatic N) is 3. The molecule has 1 aromatic heterocycles. The highest BCUT2D eigenvalue weighted by Crippen LogP contribution is 2.23. The first-order valence-electron chi connectivity index (χ1n) is 7.95. The van der Waals surface area contributed by atoms with Crippen molar-refractivity contribution in [1.82, 2.24) is 9.88 Å². The Kier molecular flexibility index (Phi) is 4.68. The molecule has 1 aliphatic carbocycles. The van der Waals surface area contributed by atoms with E-state index in [9.17, 15) is 4.79 Å². The van der Waals surface area contributed by atoms with E-state index in [4.69, 9.17) is 5.26 Å². The van der Waals surface area contributed by atoms with E-state index in [2.05, 4.69) is 17.1 Å². The number of fused-ring (bicyclic) bond motifs is 1. The molecule has 1 aromatic carbocycles. The molecular weight excluding hydrogens is 286 g/mol. The Bertz CT molecular complexity index is 734. The number of rotatable bonds is 5. The zero-order valence-electron chi connectivity index (χ0n) is 13.0. The number of hydrogen-bond acceptors (Lipinski definition) is 3. The van der Waals surface area contributed by atoms with Crippen molar-refractivity contribution >= 4 is 5.91 Å². The lowest BCUT2D eigenvalue weighted by molar-refractivity contribution is 0.0746. The summed E-state index contributed by atoms with van der Waals surface area (Å²) in [7, 11) is 0. The SMILES string of the molecule is N#CCCN(Cc1cccnc1)C(=O)c1ccc2c(c1)CCC2. The van der Waals surface area contributed by atoms with Crippen molar-refractivity contribution in [3.05, 3.63) is 65.0 Å². The molecule has 0 atom stereocenters. The molecule has 0 spiro atoms. The molecule has 3 rings (SSSR count). The molecule has 1 heterocycles. The van der Waals surface area contributed by atoms with Crippen LogP contribution in [-0.2, 0) is 19.4 Å². The maximum atomic E-state index is 12.9. The van der Waals surface area contributed by atoms with Crippen molar-refractivity contribution in [1.29, 1.82) is 5.26 Å². The number of hydrogen-bond donors (Lipinski definition) is 0. The molecule has 23 heavy (non-hydrogen) atoms. The Morgan fingerprint density at radius 2 is 2.13 bits per heavy atom. The molecule has 0 N–H and O–H groups in total. The van der Waals surface area contributed by atoms with Crippen molar-refractivity contribution < 1.29 is 4.79 Å². The fourth-order valence-corrected chi connectivity index (χ4v) is 3.04. The van der Waals surface area contributed by atoms with Crippen LogP contribution in [0, 0.1) is 11.3 Å². The van der Waals surface area contributed by atoms with Gasteiger partial charge in [-0.05, 0) is 54.2 Å². The zero-order chi connectivity index (χ0) is 16.1. The quantitative estimate of drug-likeness (QED) is 0.852. The third-order valence-corrected chi connectivity index (χ3v) is 4.22. The average molecular weight is 305 g/mol. The standard InChI is InChI=1S/C19H19N3O/c20-9-3-11-22(14-15-4-2-10-21-13-15)19(23)18-8-7-16-5-1-6-17(16)12-18/h2,4,7-8,10,12-13H,1,3,5-6,11,14H2. The third-order valence-electron chi connectivity index (χ3n) is 4.22. The number of carbonyl (C=O) groups is 1. The normalized spacial score (nSPS) is 12.5. The third kappa shape index (κ3) is 3.57. The van der Waals surface area contributed by atoms with Gasteiger partial charge in [0.05, 0.1) is 12.5 Å². The fraction of sp³-hybridized carbons (Fsp3) is 0.316. The van der Waals surface area contributed by atoms with Crippen LogP contribution in [0.4, 0.5) is 0 Å². The average Bonchev–Trinajstić information content (AvgIpc) is 3.06. The Morgan fingerprint density at radius 3 is 2.91 bits per heavy atom. The van der Waals surface area contributed by atoms with Crippen LogP contribution >= 0.6 is 0 Å². The van der Waals surface area contributed by atoms with Gasteiger partial charge in [0.15, 0.2) is 0 Å². The van der Waals surface area contributed by atoms with Crippen molar-refractivity contribution in [3.8, 4) is 6.07 Å². The topological polar surface area (TPSA) is 57.0 Å². The summed E-state index contributed by atoms with van der Waals surface area (Å²) in [6.07, 6.45) is 7.13. The minimum Gasteiger partial charge on any atom is -0.333 e. The Labute approximate surface area is 136 Å². The predicted octanol–water partition coefficient (Wildman–Crippen LogP) is 3.13. The molecular formula is C19H19N3O. The van der Waals surface area contributed by atoms with Gasteiger partial charge in [0.25, 0.3) is 5.91 Å². The van der Waals surface area contributed by atoms with Crippen LogP contribution in [0.15, 0.2) is 42.7 Å². The molecule has 0 unspecified atom stereocenters. The molecule has 4 heteroatoms. The highest BCUT2D eigenvalue weighted by atomic mass is 16.2. The first kappa shape index (κ1) is 15.2. The summed E-state index contributed by atoms with van der Waals surface area (Å²) in [5, 5.41) is 8.86. The fourth-order valence-electron chi connectivity index (χ4n) is 3.04. The molecule has 1 amide bonds. The van der Waals surface area contributed by atoms with E-state index in [1.165, 1.54) is 17.5 Å². The number of aromatic nitrogens is 1. The summed E-state index contributed by atoms with van der Waals surface area (Å²) in [5.74, 6) is -0.0150. The lowest BCUT2D eigenvalue weighted by Gasteiger charge is -2.22. The maximum Gasteiger partial charge on any atom is 0.254 e. The van der Waals surface area contributed by atoms with E-state index in [1.54, 1.807) is 17.3 Å². The second-order valence-electron chi connectivity index (χ2n) is 5.83. The van der Waals surface area contributed by atoms with E-state index in [0.29, 0.717) is 25.1 Å². The van der Waals surface area contributed by atoms with Gasteiger partial charge in [-0.3, -0.25) is 9.78 Å². The second kappa shape index (κ2) is 7.06. The summed E-state index contributed by atoms with van der Waals surface area (Å²) in [6, 6.07) is 11.9. The van der Waals surface area contributed by atoms with Gasteiger partial charge >= 0.3 is 0 Å². The highest BCUT2D eigenvalue weighted by molar-refractivity contribution is 5.94. The molecule has 0 radical (unpaired) electrons. The largest absolute Gasteiger partial charge is 0.333 e. The van der Waals surface area contributed by atoms with Gasteiger partial charge in [-0.25, -0.2) is 0 Å². The molecule has 0 saturated heterocycles. The molecule has 116 valence electrons. The number of aryl methyl sites for hydroxylation is 2. The summed E-state index contributed by atoms with van der Waals surface area (Å²) in [6.45, 7) is 0.909. The second-order valence-corrected chi connectivity index (χ2v) is 5.83.